The average molecular weight is 386 g/mol. The van der Waals surface area contributed by atoms with Crippen molar-refractivity contribution < 1.29 is 4.74 Å². The molecule has 6 nitrogen and oxygen atoms in total. The van der Waals surface area contributed by atoms with Gasteiger partial charge in [0.05, 0.1) is 11.0 Å². The summed E-state index contributed by atoms with van der Waals surface area (Å²) in [7, 11) is 1.84. The summed E-state index contributed by atoms with van der Waals surface area (Å²) in [5, 5.41) is 7.04. The third kappa shape index (κ3) is 5.04. The lowest BCUT2D eigenvalue weighted by Gasteiger charge is -2.30. The molecule has 1 fully saturated rings. The number of hydrogen-bond acceptors (Lipinski definition) is 3. The van der Waals surface area contributed by atoms with Gasteiger partial charge in [0, 0.05) is 39.9 Å². The van der Waals surface area contributed by atoms with Crippen molar-refractivity contribution in [2.75, 3.05) is 33.4 Å². The first kappa shape index (κ1) is 20.6. The van der Waals surface area contributed by atoms with Gasteiger partial charge in [-0.1, -0.05) is 25.0 Å². The largest absolute Gasteiger partial charge is 0.382 e. The molecule has 0 bridgehead atoms. The van der Waals surface area contributed by atoms with Gasteiger partial charge in [-0.3, -0.25) is 4.99 Å². The number of guanidine groups is 1. The maximum Gasteiger partial charge on any atom is 0.191 e. The Labute approximate surface area is 168 Å². The molecule has 3 rings (SSSR count). The molecule has 0 atom stereocenters. The number of hydrogen-bond donors (Lipinski definition) is 2. The Morgan fingerprint density at radius 3 is 2.79 bits per heavy atom. The van der Waals surface area contributed by atoms with Crippen LogP contribution in [0, 0.1) is 12.3 Å². The van der Waals surface area contributed by atoms with Crippen molar-refractivity contribution in [3.8, 4) is 0 Å². The van der Waals surface area contributed by atoms with Crippen LogP contribution < -0.4 is 10.6 Å². The summed E-state index contributed by atoms with van der Waals surface area (Å²) < 4.78 is 7.88. The van der Waals surface area contributed by atoms with Crippen molar-refractivity contribution in [1.82, 2.24) is 20.2 Å². The predicted octanol–water partition coefficient (Wildman–Crippen LogP) is 3.50. The second-order valence-corrected chi connectivity index (χ2v) is 7.81. The van der Waals surface area contributed by atoms with Crippen LogP contribution in [0.3, 0.4) is 0 Å². The molecule has 2 N–H and O–H groups in total. The second kappa shape index (κ2) is 9.92. The molecule has 0 radical (unpaired) electrons. The molecule has 0 spiro atoms. The first-order valence-electron chi connectivity index (χ1n) is 10.6. The maximum absolute atomic E-state index is 5.62. The molecule has 154 valence electrons. The van der Waals surface area contributed by atoms with Crippen molar-refractivity contribution in [1.29, 1.82) is 0 Å². The van der Waals surface area contributed by atoms with E-state index in [1.807, 2.05) is 13.1 Å². The Bertz CT molecular complexity index is 776. The summed E-state index contributed by atoms with van der Waals surface area (Å²) in [6.45, 7) is 8.43. The molecular formula is C22H35N5O. The van der Waals surface area contributed by atoms with Gasteiger partial charge in [-0.15, -0.1) is 0 Å². The van der Waals surface area contributed by atoms with Gasteiger partial charge in [-0.05, 0) is 50.7 Å². The lowest BCUT2D eigenvalue weighted by Crippen LogP contribution is -2.44. The standard InChI is InChI=1S/C22H35N5O/c1-4-28-16-13-22(11-7-8-12-22)17-25-21(23-3)24-14-15-27-18(2)26-19-9-5-6-10-20(19)27/h5-6,9-10H,4,7-8,11-17H2,1-3H3,(H2,23,24,25). The van der Waals surface area contributed by atoms with Crippen LogP contribution in [-0.2, 0) is 11.3 Å². The summed E-state index contributed by atoms with van der Waals surface area (Å²) in [5.41, 5.74) is 2.59. The molecular weight excluding hydrogens is 350 g/mol. The van der Waals surface area contributed by atoms with Crippen LogP contribution in [-0.4, -0.2) is 48.9 Å². The van der Waals surface area contributed by atoms with Gasteiger partial charge >= 0.3 is 0 Å². The van der Waals surface area contributed by atoms with E-state index in [-0.39, 0.29) is 0 Å². The van der Waals surface area contributed by atoms with E-state index in [1.165, 1.54) is 31.2 Å². The number of aryl methyl sites for hydroxylation is 1. The Balaban J connectivity index is 1.51. The zero-order valence-electron chi connectivity index (χ0n) is 17.6. The van der Waals surface area contributed by atoms with Crippen LogP contribution in [0.2, 0.25) is 0 Å². The maximum atomic E-state index is 5.62. The molecule has 0 aliphatic heterocycles. The molecule has 0 saturated heterocycles. The number of ether oxygens (including phenoxy) is 1. The Hall–Kier alpha value is -2.08. The first-order chi connectivity index (χ1) is 13.7. The molecule has 1 aromatic heterocycles. The van der Waals surface area contributed by atoms with E-state index in [4.69, 9.17) is 4.74 Å². The molecule has 1 aliphatic carbocycles. The highest BCUT2D eigenvalue weighted by Gasteiger charge is 2.33. The van der Waals surface area contributed by atoms with Crippen molar-refractivity contribution in [3.05, 3.63) is 30.1 Å². The number of aromatic nitrogens is 2. The van der Waals surface area contributed by atoms with Gasteiger partial charge in [0.25, 0.3) is 0 Å². The zero-order valence-corrected chi connectivity index (χ0v) is 17.6. The number of para-hydroxylation sites is 2. The van der Waals surface area contributed by atoms with Crippen LogP contribution in [0.15, 0.2) is 29.3 Å². The van der Waals surface area contributed by atoms with E-state index >= 15 is 0 Å². The molecule has 1 aliphatic rings. The first-order valence-corrected chi connectivity index (χ1v) is 10.6. The minimum absolute atomic E-state index is 0.351. The summed E-state index contributed by atoms with van der Waals surface area (Å²) in [6, 6.07) is 8.30. The molecule has 28 heavy (non-hydrogen) atoms. The number of fused-ring (bicyclic) bond motifs is 1. The van der Waals surface area contributed by atoms with Gasteiger partial charge in [0.2, 0.25) is 0 Å². The van der Waals surface area contributed by atoms with E-state index in [2.05, 4.69) is 57.2 Å². The third-order valence-electron chi connectivity index (χ3n) is 5.97. The van der Waals surface area contributed by atoms with E-state index in [9.17, 15) is 0 Å². The van der Waals surface area contributed by atoms with Crippen molar-refractivity contribution in [3.63, 3.8) is 0 Å². The fourth-order valence-electron chi connectivity index (χ4n) is 4.33. The third-order valence-corrected chi connectivity index (χ3v) is 5.97. The smallest absolute Gasteiger partial charge is 0.191 e. The van der Waals surface area contributed by atoms with Gasteiger partial charge in [0.1, 0.15) is 5.82 Å². The topological polar surface area (TPSA) is 63.5 Å². The van der Waals surface area contributed by atoms with Crippen LogP contribution in [0.4, 0.5) is 0 Å². The number of benzene rings is 1. The monoisotopic (exact) mass is 385 g/mol. The summed E-state index contributed by atoms with van der Waals surface area (Å²) in [5.74, 6) is 1.93. The predicted molar refractivity (Wildman–Crippen MR) is 116 cm³/mol. The number of aliphatic imine (C=N–C) groups is 1. The average Bonchev–Trinajstić information content (AvgIpc) is 3.29. The Morgan fingerprint density at radius 2 is 2.04 bits per heavy atom. The summed E-state index contributed by atoms with van der Waals surface area (Å²) in [6.07, 6.45) is 6.35. The number of nitrogens with one attached hydrogen (secondary N) is 2. The minimum Gasteiger partial charge on any atom is -0.382 e. The lowest BCUT2D eigenvalue weighted by molar-refractivity contribution is 0.105. The van der Waals surface area contributed by atoms with E-state index < -0.39 is 0 Å². The normalized spacial score (nSPS) is 16.6. The molecule has 1 saturated carbocycles. The highest BCUT2D eigenvalue weighted by atomic mass is 16.5. The molecule has 1 heterocycles. The van der Waals surface area contributed by atoms with Crippen LogP contribution >= 0.6 is 0 Å². The fourth-order valence-corrected chi connectivity index (χ4v) is 4.33. The number of rotatable bonds is 9. The number of nitrogens with zero attached hydrogens (tertiary/aromatic N) is 3. The molecule has 6 heteroatoms. The zero-order chi connectivity index (χ0) is 19.8. The van der Waals surface area contributed by atoms with Crippen LogP contribution in [0.1, 0.15) is 44.9 Å². The summed E-state index contributed by atoms with van der Waals surface area (Å²) in [4.78, 5) is 9.06. The van der Waals surface area contributed by atoms with Crippen LogP contribution in [0.5, 0.6) is 0 Å². The van der Waals surface area contributed by atoms with E-state index in [1.54, 1.807) is 0 Å². The van der Waals surface area contributed by atoms with Crippen molar-refractivity contribution in [2.24, 2.45) is 10.4 Å². The highest BCUT2D eigenvalue weighted by molar-refractivity contribution is 5.79. The van der Waals surface area contributed by atoms with E-state index in [0.717, 1.165) is 56.6 Å². The quantitative estimate of drug-likeness (QED) is 0.394. The van der Waals surface area contributed by atoms with Crippen LogP contribution in [0.25, 0.3) is 11.0 Å². The Morgan fingerprint density at radius 1 is 1.25 bits per heavy atom. The number of imidazole rings is 1. The Kier molecular flexibility index (Phi) is 7.31. The van der Waals surface area contributed by atoms with Gasteiger partial charge < -0.3 is 19.9 Å². The van der Waals surface area contributed by atoms with Gasteiger partial charge in [-0.25, -0.2) is 4.98 Å². The van der Waals surface area contributed by atoms with Crippen molar-refractivity contribution in [2.45, 2.75) is 52.5 Å². The van der Waals surface area contributed by atoms with Crippen molar-refractivity contribution >= 4 is 17.0 Å². The summed E-state index contributed by atoms with van der Waals surface area (Å²) >= 11 is 0. The SMILES string of the molecule is CCOCCC1(CNC(=NC)NCCn2c(C)nc3ccccc32)CCCC1. The molecule has 0 unspecified atom stereocenters. The minimum atomic E-state index is 0.351. The fraction of sp³-hybridized carbons (Fsp3) is 0.636. The van der Waals surface area contributed by atoms with E-state index in [0.29, 0.717) is 5.41 Å². The van der Waals surface area contributed by atoms with Gasteiger partial charge in [-0.2, -0.15) is 0 Å². The van der Waals surface area contributed by atoms with Gasteiger partial charge in [0.15, 0.2) is 5.96 Å². The molecule has 2 aromatic rings. The molecule has 0 amide bonds. The second-order valence-electron chi connectivity index (χ2n) is 7.81. The highest BCUT2D eigenvalue weighted by Crippen LogP contribution is 2.40. The molecule has 1 aromatic carbocycles. The lowest BCUT2D eigenvalue weighted by atomic mass is 9.83.